The van der Waals surface area contributed by atoms with E-state index in [-0.39, 0.29) is 5.91 Å². The first kappa shape index (κ1) is 21.9. The highest BCUT2D eigenvalue weighted by Crippen LogP contribution is 1.96. The lowest BCUT2D eigenvalue weighted by molar-refractivity contribution is -0.120. The van der Waals surface area contributed by atoms with Crippen molar-refractivity contribution >= 4 is 5.91 Å². The average molecular weight is 253 g/mol. The van der Waals surface area contributed by atoms with E-state index in [4.69, 9.17) is 0 Å². The zero-order valence-corrected chi connectivity index (χ0v) is 13.2. The van der Waals surface area contributed by atoms with Crippen LogP contribution >= 0.6 is 0 Å². The summed E-state index contributed by atoms with van der Waals surface area (Å²) in [5, 5.41) is 2.81. The number of benzene rings is 1. The summed E-state index contributed by atoms with van der Waals surface area (Å²) in [4.78, 5) is 10.9. The highest BCUT2D eigenvalue weighted by Gasteiger charge is 1.95. The minimum absolute atomic E-state index is 0.0962. The normalized spacial score (nSPS) is 7.28. The number of carbonyl (C=O) groups excluding carboxylic acids is 1. The lowest BCUT2D eigenvalue weighted by Crippen LogP contribution is -2.21. The topological polar surface area (TPSA) is 29.1 Å². The molecule has 0 heterocycles. The maximum atomic E-state index is 10.9. The molecular weight excluding hydrogens is 222 g/mol. The molecular formula is C16H31NO. The summed E-state index contributed by atoms with van der Waals surface area (Å²) >= 11 is 0. The van der Waals surface area contributed by atoms with E-state index in [0.29, 0.717) is 13.0 Å². The molecule has 0 saturated heterocycles. The highest BCUT2D eigenvalue weighted by atomic mass is 16.1. The third-order valence-corrected chi connectivity index (χ3v) is 1.65. The van der Waals surface area contributed by atoms with Gasteiger partial charge in [-0.25, -0.2) is 0 Å². The summed E-state index contributed by atoms with van der Waals surface area (Å²) in [6.07, 6.45) is 0.548. The van der Waals surface area contributed by atoms with Crippen molar-refractivity contribution in [1.82, 2.24) is 5.32 Å². The molecule has 1 amide bonds. The van der Waals surface area contributed by atoms with E-state index in [9.17, 15) is 4.79 Å². The van der Waals surface area contributed by atoms with Crippen LogP contribution in [0.2, 0.25) is 0 Å². The second-order valence-corrected chi connectivity index (χ2v) is 2.62. The quantitative estimate of drug-likeness (QED) is 0.824. The Hall–Kier alpha value is -1.31. The molecule has 0 aliphatic carbocycles. The van der Waals surface area contributed by atoms with E-state index in [1.165, 1.54) is 0 Å². The van der Waals surface area contributed by atoms with Gasteiger partial charge >= 0.3 is 0 Å². The van der Waals surface area contributed by atoms with E-state index < -0.39 is 0 Å². The van der Waals surface area contributed by atoms with Gasteiger partial charge in [-0.05, 0) is 5.56 Å². The van der Waals surface area contributed by atoms with E-state index >= 15 is 0 Å². The Morgan fingerprint density at radius 3 is 1.78 bits per heavy atom. The van der Waals surface area contributed by atoms with Gasteiger partial charge in [-0.2, -0.15) is 0 Å². The monoisotopic (exact) mass is 253 g/mol. The van der Waals surface area contributed by atoms with Crippen LogP contribution in [-0.2, 0) is 11.3 Å². The number of rotatable bonds is 3. The Bertz CT molecular complexity index is 245. The van der Waals surface area contributed by atoms with Crippen LogP contribution in [-0.4, -0.2) is 5.91 Å². The summed E-state index contributed by atoms with van der Waals surface area (Å²) < 4.78 is 0. The average Bonchev–Trinajstić information content (AvgIpc) is 2.52. The van der Waals surface area contributed by atoms with Gasteiger partial charge in [0.25, 0.3) is 0 Å². The Balaban J connectivity index is -0.000000328. The van der Waals surface area contributed by atoms with E-state index in [1.807, 2.05) is 78.8 Å². The highest BCUT2D eigenvalue weighted by molar-refractivity contribution is 5.75. The van der Waals surface area contributed by atoms with Crippen molar-refractivity contribution in [3.63, 3.8) is 0 Å². The van der Waals surface area contributed by atoms with Gasteiger partial charge in [0, 0.05) is 13.0 Å². The predicted molar refractivity (Wildman–Crippen MR) is 82.6 cm³/mol. The van der Waals surface area contributed by atoms with Crippen LogP contribution in [0, 0.1) is 0 Å². The molecule has 2 nitrogen and oxygen atoms in total. The van der Waals surface area contributed by atoms with E-state index in [1.54, 1.807) is 0 Å². The van der Waals surface area contributed by atoms with Crippen LogP contribution in [0.25, 0.3) is 0 Å². The molecule has 106 valence electrons. The summed E-state index contributed by atoms with van der Waals surface area (Å²) in [6.45, 7) is 14.5. The Labute approximate surface area is 114 Å². The zero-order chi connectivity index (χ0) is 14.8. The standard InChI is InChI=1S/C10H13NO.3C2H6/c1-2-10(12)11-8-9-6-4-3-5-7-9;3*1-2/h3-7H,2,8H2,1H3,(H,11,12);3*1-2H3. The van der Waals surface area contributed by atoms with Gasteiger partial charge in [0.15, 0.2) is 0 Å². The number of amides is 1. The fourth-order valence-corrected chi connectivity index (χ4v) is 0.922. The largest absolute Gasteiger partial charge is 0.352 e. The van der Waals surface area contributed by atoms with Crippen molar-refractivity contribution < 1.29 is 4.79 Å². The molecule has 0 atom stereocenters. The van der Waals surface area contributed by atoms with Crippen molar-refractivity contribution in [1.29, 1.82) is 0 Å². The van der Waals surface area contributed by atoms with Gasteiger partial charge in [0.2, 0.25) is 5.91 Å². The Morgan fingerprint density at radius 1 is 0.944 bits per heavy atom. The first-order valence-electron chi connectivity index (χ1n) is 7.13. The molecule has 0 unspecified atom stereocenters. The maximum absolute atomic E-state index is 10.9. The van der Waals surface area contributed by atoms with Crippen molar-refractivity contribution in [2.24, 2.45) is 0 Å². The Morgan fingerprint density at radius 2 is 1.39 bits per heavy atom. The SMILES string of the molecule is CC.CC.CC.CCC(=O)NCc1ccccc1. The molecule has 2 heteroatoms. The summed E-state index contributed by atoms with van der Waals surface area (Å²) in [5.41, 5.74) is 1.14. The second-order valence-electron chi connectivity index (χ2n) is 2.62. The van der Waals surface area contributed by atoms with E-state index in [2.05, 4.69) is 5.32 Å². The molecule has 0 radical (unpaired) electrons. The molecule has 0 aliphatic rings. The van der Waals surface area contributed by atoms with Crippen LogP contribution in [0.3, 0.4) is 0 Å². The number of nitrogens with one attached hydrogen (secondary N) is 1. The van der Waals surface area contributed by atoms with Gasteiger partial charge in [-0.1, -0.05) is 78.8 Å². The minimum atomic E-state index is 0.0962. The molecule has 0 spiro atoms. The predicted octanol–water partition coefficient (Wildman–Crippen LogP) is 4.79. The molecule has 1 N–H and O–H groups in total. The van der Waals surface area contributed by atoms with Crippen molar-refractivity contribution in [2.75, 3.05) is 0 Å². The van der Waals surface area contributed by atoms with Crippen LogP contribution in [0.4, 0.5) is 0 Å². The third-order valence-electron chi connectivity index (χ3n) is 1.65. The molecule has 0 aliphatic heterocycles. The smallest absolute Gasteiger partial charge is 0.219 e. The maximum Gasteiger partial charge on any atom is 0.219 e. The van der Waals surface area contributed by atoms with Gasteiger partial charge in [-0.3, -0.25) is 4.79 Å². The van der Waals surface area contributed by atoms with Crippen molar-refractivity contribution in [3.8, 4) is 0 Å². The molecule has 0 saturated carbocycles. The number of hydrogen-bond donors (Lipinski definition) is 1. The van der Waals surface area contributed by atoms with Crippen molar-refractivity contribution in [2.45, 2.75) is 61.4 Å². The number of carbonyl (C=O) groups is 1. The first-order chi connectivity index (χ1) is 8.83. The molecule has 1 aromatic rings. The van der Waals surface area contributed by atoms with Gasteiger partial charge in [0.1, 0.15) is 0 Å². The molecule has 1 aromatic carbocycles. The summed E-state index contributed by atoms with van der Waals surface area (Å²) in [7, 11) is 0. The summed E-state index contributed by atoms with van der Waals surface area (Å²) in [5.74, 6) is 0.0962. The van der Waals surface area contributed by atoms with Crippen LogP contribution in [0.1, 0.15) is 60.5 Å². The second kappa shape index (κ2) is 21.0. The molecule has 18 heavy (non-hydrogen) atoms. The zero-order valence-electron chi connectivity index (χ0n) is 13.2. The molecule has 0 aromatic heterocycles. The van der Waals surface area contributed by atoms with Gasteiger partial charge in [0.05, 0.1) is 0 Å². The lowest BCUT2D eigenvalue weighted by atomic mass is 10.2. The van der Waals surface area contributed by atoms with Crippen LogP contribution < -0.4 is 5.32 Å². The number of hydrogen-bond acceptors (Lipinski definition) is 1. The van der Waals surface area contributed by atoms with Crippen molar-refractivity contribution in [3.05, 3.63) is 35.9 Å². The van der Waals surface area contributed by atoms with Crippen LogP contribution in [0.5, 0.6) is 0 Å². The molecule has 1 rings (SSSR count). The molecule has 0 bridgehead atoms. The fourth-order valence-electron chi connectivity index (χ4n) is 0.922. The minimum Gasteiger partial charge on any atom is -0.352 e. The Kier molecular flexibility index (Phi) is 25.6. The molecule has 0 fully saturated rings. The fraction of sp³-hybridized carbons (Fsp3) is 0.562. The third kappa shape index (κ3) is 14.7. The first-order valence-corrected chi connectivity index (χ1v) is 7.13. The van der Waals surface area contributed by atoms with Gasteiger partial charge in [-0.15, -0.1) is 0 Å². The summed E-state index contributed by atoms with van der Waals surface area (Å²) in [6, 6.07) is 9.89. The van der Waals surface area contributed by atoms with Crippen LogP contribution in [0.15, 0.2) is 30.3 Å². The van der Waals surface area contributed by atoms with E-state index in [0.717, 1.165) is 5.56 Å². The van der Waals surface area contributed by atoms with Gasteiger partial charge < -0.3 is 5.32 Å². The lowest BCUT2D eigenvalue weighted by Gasteiger charge is -2.02.